The highest BCUT2D eigenvalue weighted by molar-refractivity contribution is 5.75. The Morgan fingerprint density at radius 3 is 2.47 bits per heavy atom. The van der Waals surface area contributed by atoms with E-state index in [2.05, 4.69) is 9.47 Å². The molecule has 1 fully saturated rings. The third-order valence-electron chi connectivity index (χ3n) is 2.65. The summed E-state index contributed by atoms with van der Waals surface area (Å²) in [4.78, 5) is 22.4. The summed E-state index contributed by atoms with van der Waals surface area (Å²) in [5, 5.41) is 0. The summed E-state index contributed by atoms with van der Waals surface area (Å²) in [5.41, 5.74) is 0. The van der Waals surface area contributed by atoms with Crippen LogP contribution in [0.4, 0.5) is 0 Å². The van der Waals surface area contributed by atoms with E-state index < -0.39 is 6.10 Å². The van der Waals surface area contributed by atoms with Gasteiger partial charge in [-0.05, 0) is 19.8 Å². The first-order valence-corrected chi connectivity index (χ1v) is 4.91. The molecule has 0 radical (unpaired) electrons. The maximum atomic E-state index is 11.2. The van der Waals surface area contributed by atoms with Gasteiger partial charge in [0.2, 0.25) is 0 Å². The first-order chi connectivity index (χ1) is 7.10. The Morgan fingerprint density at radius 1 is 1.27 bits per heavy atom. The molecule has 1 heterocycles. The highest BCUT2D eigenvalue weighted by Gasteiger charge is 2.37. The van der Waals surface area contributed by atoms with Gasteiger partial charge in [-0.1, -0.05) is 0 Å². The number of carbonyl (C=O) groups excluding carboxylic acids is 2. The predicted octanol–water partition coefficient (Wildman–Crippen LogP) is 0.516. The van der Waals surface area contributed by atoms with Crippen molar-refractivity contribution in [2.75, 3.05) is 14.2 Å². The van der Waals surface area contributed by atoms with Crippen molar-refractivity contribution < 1.29 is 23.8 Å². The van der Waals surface area contributed by atoms with Crippen LogP contribution in [-0.2, 0) is 23.8 Å². The summed E-state index contributed by atoms with van der Waals surface area (Å²) < 4.78 is 14.6. The van der Waals surface area contributed by atoms with Gasteiger partial charge in [-0.15, -0.1) is 0 Å². The molecule has 0 aromatic rings. The first kappa shape index (κ1) is 12.0. The van der Waals surface area contributed by atoms with Gasteiger partial charge in [0.05, 0.1) is 26.2 Å². The molecule has 0 amide bonds. The smallest absolute Gasteiger partial charge is 0.334 e. The molecule has 1 rings (SSSR count). The van der Waals surface area contributed by atoms with Crippen molar-refractivity contribution >= 4 is 11.9 Å². The van der Waals surface area contributed by atoms with Crippen LogP contribution in [0.3, 0.4) is 0 Å². The fourth-order valence-electron chi connectivity index (χ4n) is 1.67. The van der Waals surface area contributed by atoms with Crippen LogP contribution in [-0.4, -0.2) is 38.4 Å². The van der Waals surface area contributed by atoms with E-state index >= 15 is 0 Å². The van der Waals surface area contributed by atoms with Crippen LogP contribution in [0.1, 0.15) is 19.8 Å². The molecule has 86 valence electrons. The molecule has 1 saturated heterocycles. The predicted molar refractivity (Wildman–Crippen MR) is 51.1 cm³/mol. The van der Waals surface area contributed by atoms with Crippen molar-refractivity contribution in [1.82, 2.24) is 0 Å². The second-order valence-corrected chi connectivity index (χ2v) is 3.58. The second kappa shape index (κ2) is 5.11. The fraction of sp³-hybridized carbons (Fsp3) is 0.800. The van der Waals surface area contributed by atoms with Gasteiger partial charge in [-0.25, -0.2) is 4.79 Å². The van der Waals surface area contributed by atoms with E-state index in [-0.39, 0.29) is 24.0 Å². The first-order valence-electron chi connectivity index (χ1n) is 4.91. The number of ether oxygens (including phenoxy) is 3. The number of methoxy groups -OCH3 is 2. The lowest BCUT2D eigenvalue weighted by atomic mass is 10.0. The van der Waals surface area contributed by atoms with Gasteiger partial charge in [0, 0.05) is 0 Å². The van der Waals surface area contributed by atoms with Crippen molar-refractivity contribution in [3.05, 3.63) is 0 Å². The number of carbonyl (C=O) groups is 2. The fourth-order valence-corrected chi connectivity index (χ4v) is 1.67. The van der Waals surface area contributed by atoms with Crippen molar-refractivity contribution in [2.45, 2.75) is 32.0 Å². The molecule has 0 aromatic heterocycles. The summed E-state index contributed by atoms with van der Waals surface area (Å²) in [7, 11) is 2.66. The van der Waals surface area contributed by atoms with Crippen molar-refractivity contribution in [3.8, 4) is 0 Å². The zero-order valence-electron chi connectivity index (χ0n) is 9.19. The monoisotopic (exact) mass is 216 g/mol. The third kappa shape index (κ3) is 2.68. The normalized spacial score (nSPS) is 27.1. The Hall–Kier alpha value is -1.10. The average Bonchev–Trinajstić information content (AvgIpc) is 2.75. The van der Waals surface area contributed by atoms with E-state index in [4.69, 9.17) is 4.74 Å². The molecule has 0 unspecified atom stereocenters. The maximum Gasteiger partial charge on any atom is 0.334 e. The summed E-state index contributed by atoms with van der Waals surface area (Å²) >= 11 is 0. The minimum atomic E-state index is -0.535. The van der Waals surface area contributed by atoms with Crippen LogP contribution in [0.15, 0.2) is 0 Å². The zero-order chi connectivity index (χ0) is 11.4. The number of esters is 2. The molecular weight excluding hydrogens is 200 g/mol. The van der Waals surface area contributed by atoms with Crippen molar-refractivity contribution in [2.24, 2.45) is 5.92 Å². The lowest BCUT2D eigenvalue weighted by molar-refractivity contribution is -0.159. The minimum Gasteiger partial charge on any atom is -0.469 e. The van der Waals surface area contributed by atoms with Gasteiger partial charge in [0.15, 0.2) is 6.10 Å². The molecule has 0 saturated carbocycles. The van der Waals surface area contributed by atoms with Crippen LogP contribution in [0, 0.1) is 5.92 Å². The Kier molecular flexibility index (Phi) is 4.08. The van der Waals surface area contributed by atoms with Crippen LogP contribution in [0.25, 0.3) is 0 Å². The second-order valence-electron chi connectivity index (χ2n) is 3.58. The quantitative estimate of drug-likeness (QED) is 0.643. The Labute approximate surface area is 88.7 Å². The SMILES string of the molecule is COC(=O)[C@H]1CC[C@@H]([C@@H](C)C(=O)OC)O1. The summed E-state index contributed by atoms with van der Waals surface area (Å²) in [6.07, 6.45) is 0.489. The molecule has 1 aliphatic heterocycles. The lowest BCUT2D eigenvalue weighted by Gasteiger charge is -2.17. The topological polar surface area (TPSA) is 61.8 Å². The summed E-state index contributed by atoms with van der Waals surface area (Å²) in [6, 6.07) is 0. The highest BCUT2D eigenvalue weighted by atomic mass is 16.6. The van der Waals surface area contributed by atoms with E-state index in [9.17, 15) is 9.59 Å². The van der Waals surface area contributed by atoms with Gasteiger partial charge in [0.1, 0.15) is 0 Å². The van der Waals surface area contributed by atoms with Gasteiger partial charge < -0.3 is 14.2 Å². The van der Waals surface area contributed by atoms with E-state index in [0.717, 1.165) is 0 Å². The summed E-state index contributed by atoms with van der Waals surface area (Å²) in [5.74, 6) is -1.04. The molecule has 5 heteroatoms. The van der Waals surface area contributed by atoms with Crippen molar-refractivity contribution in [1.29, 1.82) is 0 Å². The van der Waals surface area contributed by atoms with E-state index in [0.29, 0.717) is 12.8 Å². The van der Waals surface area contributed by atoms with Gasteiger partial charge >= 0.3 is 11.9 Å². The van der Waals surface area contributed by atoms with Crippen LogP contribution >= 0.6 is 0 Å². The molecule has 0 N–H and O–H groups in total. The molecule has 1 aliphatic rings. The number of hydrogen-bond acceptors (Lipinski definition) is 5. The lowest BCUT2D eigenvalue weighted by Crippen LogP contribution is -2.29. The molecule has 15 heavy (non-hydrogen) atoms. The van der Waals surface area contributed by atoms with Crippen LogP contribution in [0.2, 0.25) is 0 Å². The van der Waals surface area contributed by atoms with Gasteiger partial charge in [0.25, 0.3) is 0 Å². The number of rotatable bonds is 3. The Bertz CT molecular complexity index is 250. The molecular formula is C10H16O5. The van der Waals surface area contributed by atoms with E-state index in [1.165, 1.54) is 14.2 Å². The summed E-state index contributed by atoms with van der Waals surface area (Å²) in [6.45, 7) is 1.73. The van der Waals surface area contributed by atoms with E-state index in [1.54, 1.807) is 6.92 Å². The zero-order valence-corrected chi connectivity index (χ0v) is 9.19. The number of hydrogen-bond donors (Lipinski definition) is 0. The molecule has 5 nitrogen and oxygen atoms in total. The maximum absolute atomic E-state index is 11.2. The van der Waals surface area contributed by atoms with Crippen molar-refractivity contribution in [3.63, 3.8) is 0 Å². The van der Waals surface area contributed by atoms with Crippen LogP contribution < -0.4 is 0 Å². The standard InChI is InChI=1S/C10H16O5/c1-6(9(11)13-2)7-4-5-8(15-7)10(12)14-3/h6-8H,4-5H2,1-3H3/t6-,7+,8-/m1/s1. The molecule has 3 atom stereocenters. The van der Waals surface area contributed by atoms with Gasteiger partial charge in [-0.2, -0.15) is 0 Å². The van der Waals surface area contributed by atoms with Crippen LogP contribution in [0.5, 0.6) is 0 Å². The largest absolute Gasteiger partial charge is 0.469 e. The Morgan fingerprint density at radius 2 is 1.93 bits per heavy atom. The Balaban J connectivity index is 2.49. The third-order valence-corrected chi connectivity index (χ3v) is 2.65. The minimum absolute atomic E-state index is 0.249. The molecule has 0 bridgehead atoms. The molecule has 0 aromatic carbocycles. The highest BCUT2D eigenvalue weighted by Crippen LogP contribution is 2.26. The molecule has 0 spiro atoms. The average molecular weight is 216 g/mol. The molecule has 0 aliphatic carbocycles. The van der Waals surface area contributed by atoms with E-state index in [1.807, 2.05) is 0 Å². The van der Waals surface area contributed by atoms with Gasteiger partial charge in [-0.3, -0.25) is 4.79 Å².